The van der Waals surface area contributed by atoms with Gasteiger partial charge in [0, 0.05) is 5.02 Å². The molecule has 1 atom stereocenters. The Bertz CT molecular complexity index is 730. The van der Waals surface area contributed by atoms with E-state index in [0.29, 0.717) is 5.02 Å². The molecule has 2 aromatic rings. The van der Waals surface area contributed by atoms with Gasteiger partial charge in [-0.1, -0.05) is 60.1 Å². The summed E-state index contributed by atoms with van der Waals surface area (Å²) in [5.74, 6) is -0.439. The molecule has 0 aromatic heterocycles. The van der Waals surface area contributed by atoms with Crippen molar-refractivity contribution in [2.45, 2.75) is 12.5 Å². The van der Waals surface area contributed by atoms with Gasteiger partial charge in [0.05, 0.1) is 12.5 Å². The Morgan fingerprint density at radius 1 is 1.12 bits per heavy atom. The number of ether oxygens (including phenoxy) is 1. The number of esters is 1. The van der Waals surface area contributed by atoms with Crippen LogP contribution in [0, 0.1) is 0 Å². The topological polar surface area (TPSA) is 81.4 Å². The molecule has 2 rings (SSSR count). The zero-order valence-corrected chi connectivity index (χ0v) is 14.3. The lowest BCUT2D eigenvalue weighted by molar-refractivity contribution is -0.142. The highest BCUT2D eigenvalue weighted by Gasteiger charge is 2.18. The summed E-state index contributed by atoms with van der Waals surface area (Å²) in [4.78, 5) is 23.2. The van der Waals surface area contributed by atoms with Gasteiger partial charge in [-0.25, -0.2) is 4.79 Å². The fraction of sp³-hybridized carbons (Fsp3) is 0.158. The molecule has 25 heavy (non-hydrogen) atoms. The molecule has 0 bridgehead atoms. The molecular weight excluding hydrogens is 340 g/mol. The number of hydrogen-bond donors (Lipinski definition) is 2. The normalized spacial score (nSPS) is 11.9. The molecule has 130 valence electrons. The molecule has 0 aliphatic rings. The summed E-state index contributed by atoms with van der Waals surface area (Å²) in [7, 11) is 0. The van der Waals surface area contributed by atoms with Crippen molar-refractivity contribution in [1.29, 1.82) is 0 Å². The Morgan fingerprint density at radius 3 is 2.44 bits per heavy atom. The van der Waals surface area contributed by atoms with Crippen molar-refractivity contribution >= 4 is 29.7 Å². The Kier molecular flexibility index (Phi) is 7.04. The maximum atomic E-state index is 12.0. The van der Waals surface area contributed by atoms with Gasteiger partial charge in [0.2, 0.25) is 0 Å². The molecule has 0 saturated carbocycles. The maximum absolute atomic E-state index is 12.0. The molecular formula is C19H19ClN2O3. The van der Waals surface area contributed by atoms with Crippen LogP contribution >= 0.6 is 11.6 Å². The summed E-state index contributed by atoms with van der Waals surface area (Å²) in [6.07, 6.45) is 3.60. The minimum Gasteiger partial charge on any atom is -0.461 e. The van der Waals surface area contributed by atoms with E-state index in [1.54, 1.807) is 30.3 Å². The average molecular weight is 359 g/mol. The first-order valence-electron chi connectivity index (χ1n) is 7.73. The first kappa shape index (κ1) is 18.5. The van der Waals surface area contributed by atoms with Crippen molar-refractivity contribution < 1.29 is 14.3 Å². The Hall–Kier alpha value is -2.79. The molecule has 0 unspecified atom stereocenters. The van der Waals surface area contributed by atoms with Crippen molar-refractivity contribution in [1.82, 2.24) is 5.32 Å². The van der Waals surface area contributed by atoms with Gasteiger partial charge in [-0.3, -0.25) is 4.79 Å². The highest BCUT2D eigenvalue weighted by molar-refractivity contribution is 6.30. The number of rotatable bonds is 7. The van der Waals surface area contributed by atoms with E-state index in [0.717, 1.165) is 11.1 Å². The van der Waals surface area contributed by atoms with Crippen molar-refractivity contribution in [3.8, 4) is 0 Å². The quantitative estimate of drug-likeness (QED) is 0.740. The van der Waals surface area contributed by atoms with E-state index >= 15 is 0 Å². The molecule has 5 nitrogen and oxygen atoms in total. The number of carbonyl (C=O) groups is 2. The molecule has 0 aliphatic heterocycles. The third-order valence-electron chi connectivity index (χ3n) is 3.41. The molecule has 0 saturated heterocycles. The van der Waals surface area contributed by atoms with Crippen LogP contribution in [0.15, 0.2) is 60.7 Å². The van der Waals surface area contributed by atoms with Gasteiger partial charge in [0.25, 0.3) is 0 Å². The van der Waals surface area contributed by atoms with E-state index in [1.165, 1.54) is 0 Å². The minimum absolute atomic E-state index is 0.0241. The summed E-state index contributed by atoms with van der Waals surface area (Å²) >= 11 is 5.85. The molecule has 0 radical (unpaired) electrons. The van der Waals surface area contributed by atoms with E-state index in [2.05, 4.69) is 5.32 Å². The molecule has 0 spiro atoms. The first-order valence-corrected chi connectivity index (χ1v) is 8.11. The predicted octanol–water partition coefficient (Wildman–Crippen LogP) is 3.70. The van der Waals surface area contributed by atoms with E-state index in [4.69, 9.17) is 22.1 Å². The van der Waals surface area contributed by atoms with Crippen LogP contribution in [-0.2, 0) is 9.53 Å². The van der Waals surface area contributed by atoms with Gasteiger partial charge in [-0.15, -0.1) is 0 Å². The van der Waals surface area contributed by atoms with Crippen molar-refractivity contribution in [3.63, 3.8) is 0 Å². The predicted molar refractivity (Wildman–Crippen MR) is 98.0 cm³/mol. The standard InChI is InChI=1S/C19H19ClN2O3/c20-16-10-8-15(9-11-16)17(22-19(21)24)13-18(23)25-12-4-7-14-5-2-1-3-6-14/h1-11,17H,12-13H2,(H3,21,22,24)/b7-4+/t17-/m0/s1. The Morgan fingerprint density at radius 2 is 1.80 bits per heavy atom. The van der Waals surface area contributed by atoms with Gasteiger partial charge in [-0.05, 0) is 29.3 Å². The summed E-state index contributed by atoms with van der Waals surface area (Å²) < 4.78 is 5.18. The fourth-order valence-electron chi connectivity index (χ4n) is 2.23. The van der Waals surface area contributed by atoms with Crippen LogP contribution in [0.2, 0.25) is 5.02 Å². The monoisotopic (exact) mass is 358 g/mol. The van der Waals surface area contributed by atoms with Crippen LogP contribution in [0.1, 0.15) is 23.6 Å². The summed E-state index contributed by atoms with van der Waals surface area (Å²) in [5.41, 5.74) is 6.93. The minimum atomic E-state index is -0.711. The number of amides is 2. The lowest BCUT2D eigenvalue weighted by atomic mass is 10.0. The van der Waals surface area contributed by atoms with Gasteiger partial charge >= 0.3 is 12.0 Å². The highest BCUT2D eigenvalue weighted by Crippen LogP contribution is 2.20. The maximum Gasteiger partial charge on any atom is 0.312 e. The molecule has 6 heteroatoms. The third-order valence-corrected chi connectivity index (χ3v) is 3.66. The van der Waals surface area contributed by atoms with Crippen LogP contribution < -0.4 is 11.1 Å². The zero-order valence-electron chi connectivity index (χ0n) is 13.5. The molecule has 0 heterocycles. The second kappa shape index (κ2) is 9.49. The summed E-state index contributed by atoms with van der Waals surface area (Å²) in [6, 6.07) is 15.2. The molecule has 0 fully saturated rings. The van der Waals surface area contributed by atoms with Crippen LogP contribution in [0.4, 0.5) is 4.79 Å². The second-order valence-corrected chi connectivity index (χ2v) is 5.75. The van der Waals surface area contributed by atoms with Crippen molar-refractivity contribution in [2.75, 3.05) is 6.61 Å². The van der Waals surface area contributed by atoms with Crippen molar-refractivity contribution in [3.05, 3.63) is 76.8 Å². The second-order valence-electron chi connectivity index (χ2n) is 5.31. The third kappa shape index (κ3) is 6.69. The van der Waals surface area contributed by atoms with Gasteiger partial charge in [-0.2, -0.15) is 0 Å². The van der Waals surface area contributed by atoms with Crippen LogP contribution in [0.5, 0.6) is 0 Å². The number of carbonyl (C=O) groups excluding carboxylic acids is 2. The van der Waals surface area contributed by atoms with E-state index in [9.17, 15) is 9.59 Å². The van der Waals surface area contributed by atoms with Gasteiger partial charge in [0.15, 0.2) is 0 Å². The smallest absolute Gasteiger partial charge is 0.312 e. The van der Waals surface area contributed by atoms with E-state index in [-0.39, 0.29) is 13.0 Å². The number of urea groups is 1. The summed E-state index contributed by atoms with van der Waals surface area (Å²) in [6.45, 7) is 0.150. The average Bonchev–Trinajstić information content (AvgIpc) is 2.59. The number of nitrogens with one attached hydrogen (secondary N) is 1. The highest BCUT2D eigenvalue weighted by atomic mass is 35.5. The van der Waals surface area contributed by atoms with E-state index in [1.807, 2.05) is 36.4 Å². The zero-order chi connectivity index (χ0) is 18.1. The fourth-order valence-corrected chi connectivity index (χ4v) is 2.36. The number of primary amides is 1. The Labute approximate surface area is 151 Å². The SMILES string of the molecule is NC(=O)N[C@@H](CC(=O)OC/C=C/c1ccccc1)c1ccc(Cl)cc1. The number of hydrogen-bond acceptors (Lipinski definition) is 3. The first-order chi connectivity index (χ1) is 12.0. The van der Waals surface area contributed by atoms with Gasteiger partial charge < -0.3 is 15.8 Å². The lowest BCUT2D eigenvalue weighted by Gasteiger charge is -2.17. The largest absolute Gasteiger partial charge is 0.461 e. The van der Waals surface area contributed by atoms with Crippen molar-refractivity contribution in [2.24, 2.45) is 5.73 Å². The molecule has 0 aliphatic carbocycles. The van der Waals surface area contributed by atoms with Crippen LogP contribution in [0.3, 0.4) is 0 Å². The van der Waals surface area contributed by atoms with E-state index < -0.39 is 18.0 Å². The molecule has 2 amide bonds. The number of halogens is 1. The number of benzene rings is 2. The van der Waals surface area contributed by atoms with Gasteiger partial charge in [0.1, 0.15) is 6.61 Å². The molecule has 2 aromatic carbocycles. The lowest BCUT2D eigenvalue weighted by Crippen LogP contribution is -2.34. The van der Waals surface area contributed by atoms with Crippen LogP contribution in [-0.4, -0.2) is 18.6 Å². The molecule has 3 N–H and O–H groups in total. The van der Waals surface area contributed by atoms with Crippen LogP contribution in [0.25, 0.3) is 6.08 Å². The summed E-state index contributed by atoms with van der Waals surface area (Å²) in [5, 5.41) is 3.10. The number of nitrogens with two attached hydrogens (primary N) is 1. The Balaban J connectivity index is 1.89.